The van der Waals surface area contributed by atoms with Crippen molar-refractivity contribution in [3.63, 3.8) is 0 Å². The Morgan fingerprint density at radius 3 is 2.52 bits per heavy atom. The number of aromatic amines is 1. The molecule has 0 radical (unpaired) electrons. The van der Waals surface area contributed by atoms with Crippen LogP contribution in [0.15, 0.2) is 48.8 Å². The average Bonchev–Trinajstić information content (AvgIpc) is 3.18. The monoisotopic (exact) mass is 363 g/mol. The van der Waals surface area contributed by atoms with Crippen LogP contribution in [0.25, 0.3) is 0 Å². The van der Waals surface area contributed by atoms with Gasteiger partial charge < -0.3 is 4.74 Å². The van der Waals surface area contributed by atoms with E-state index in [4.69, 9.17) is 17.0 Å². The van der Waals surface area contributed by atoms with Crippen molar-refractivity contribution in [1.82, 2.24) is 14.8 Å². The molecule has 2 heterocycles. The van der Waals surface area contributed by atoms with E-state index >= 15 is 0 Å². The standard InChI is InChI=1S/C17H12F3N3OS/c18-11-3-1-10(2-4-11)15-17(24-15,8-23-16(25)21-9-22-23)13-7-12(19)5-6-14(13)20/h1-7,9,15H,8H2,(H,21,22,25). The summed E-state index contributed by atoms with van der Waals surface area (Å²) in [6, 6.07) is 8.93. The molecule has 1 N–H and O–H groups in total. The molecular weight excluding hydrogens is 351 g/mol. The van der Waals surface area contributed by atoms with Crippen LogP contribution in [0.4, 0.5) is 13.2 Å². The summed E-state index contributed by atoms with van der Waals surface area (Å²) in [5.41, 5.74) is -0.413. The second-order valence-electron chi connectivity index (χ2n) is 5.82. The molecule has 1 saturated heterocycles. The van der Waals surface area contributed by atoms with E-state index in [2.05, 4.69) is 10.1 Å². The van der Waals surface area contributed by atoms with Gasteiger partial charge in [0.25, 0.3) is 0 Å². The van der Waals surface area contributed by atoms with Crippen molar-refractivity contribution in [1.29, 1.82) is 0 Å². The molecule has 0 spiro atoms. The number of hydrogen-bond acceptors (Lipinski definition) is 3. The zero-order chi connectivity index (χ0) is 17.6. The van der Waals surface area contributed by atoms with Gasteiger partial charge in [-0.3, -0.25) is 9.78 Å². The lowest BCUT2D eigenvalue weighted by Crippen LogP contribution is -2.21. The maximum atomic E-state index is 14.4. The number of H-pyrrole nitrogens is 1. The lowest BCUT2D eigenvalue weighted by atomic mass is 9.91. The summed E-state index contributed by atoms with van der Waals surface area (Å²) >= 11 is 5.11. The Labute approximate surface area is 145 Å². The minimum atomic E-state index is -1.16. The molecule has 0 bridgehead atoms. The number of rotatable bonds is 4. The molecule has 4 nitrogen and oxygen atoms in total. The van der Waals surface area contributed by atoms with Crippen molar-refractivity contribution in [2.75, 3.05) is 0 Å². The molecule has 8 heteroatoms. The average molecular weight is 363 g/mol. The Morgan fingerprint density at radius 2 is 1.84 bits per heavy atom. The fourth-order valence-electron chi connectivity index (χ4n) is 3.01. The fourth-order valence-corrected chi connectivity index (χ4v) is 3.18. The van der Waals surface area contributed by atoms with Gasteiger partial charge in [-0.25, -0.2) is 18.2 Å². The smallest absolute Gasteiger partial charge is 0.215 e. The molecule has 128 valence electrons. The van der Waals surface area contributed by atoms with Gasteiger partial charge in [0.05, 0.1) is 6.54 Å². The predicted octanol–water partition coefficient (Wildman–Crippen LogP) is 4.02. The first kappa shape index (κ1) is 16.0. The van der Waals surface area contributed by atoms with Gasteiger partial charge in [-0.05, 0) is 48.1 Å². The van der Waals surface area contributed by atoms with Gasteiger partial charge in [0.1, 0.15) is 35.5 Å². The molecule has 2 aromatic carbocycles. The van der Waals surface area contributed by atoms with Crippen LogP contribution in [0.3, 0.4) is 0 Å². The Bertz CT molecular complexity index is 985. The Kier molecular flexibility index (Phi) is 3.73. The first-order chi connectivity index (χ1) is 12.0. The van der Waals surface area contributed by atoms with E-state index in [1.807, 2.05) is 0 Å². The van der Waals surface area contributed by atoms with Gasteiger partial charge in [0.2, 0.25) is 4.77 Å². The quantitative estimate of drug-likeness (QED) is 0.562. The van der Waals surface area contributed by atoms with Gasteiger partial charge in [-0.2, -0.15) is 0 Å². The number of hydrogen-bond donors (Lipinski definition) is 1. The highest BCUT2D eigenvalue weighted by molar-refractivity contribution is 7.71. The molecule has 25 heavy (non-hydrogen) atoms. The van der Waals surface area contributed by atoms with Crippen LogP contribution in [-0.4, -0.2) is 14.8 Å². The summed E-state index contributed by atoms with van der Waals surface area (Å²) in [6.07, 6.45) is 0.849. The largest absolute Gasteiger partial charge is 0.354 e. The molecule has 1 aliphatic heterocycles. The molecule has 2 atom stereocenters. The molecule has 1 fully saturated rings. The van der Waals surface area contributed by atoms with Gasteiger partial charge >= 0.3 is 0 Å². The van der Waals surface area contributed by atoms with E-state index in [-0.39, 0.29) is 22.7 Å². The molecule has 3 aromatic rings. The summed E-state index contributed by atoms with van der Waals surface area (Å²) in [7, 11) is 0. The van der Waals surface area contributed by atoms with Crippen molar-refractivity contribution in [2.24, 2.45) is 0 Å². The molecule has 4 rings (SSSR count). The van der Waals surface area contributed by atoms with Gasteiger partial charge in [0.15, 0.2) is 0 Å². The Morgan fingerprint density at radius 1 is 1.12 bits per heavy atom. The summed E-state index contributed by atoms with van der Waals surface area (Å²) in [5.74, 6) is -1.54. The maximum Gasteiger partial charge on any atom is 0.215 e. The van der Waals surface area contributed by atoms with Crippen molar-refractivity contribution in [2.45, 2.75) is 18.2 Å². The van der Waals surface area contributed by atoms with Gasteiger partial charge in [-0.1, -0.05) is 12.1 Å². The second kappa shape index (κ2) is 5.82. The lowest BCUT2D eigenvalue weighted by molar-refractivity contribution is 0.255. The van der Waals surface area contributed by atoms with Crippen molar-refractivity contribution >= 4 is 12.2 Å². The van der Waals surface area contributed by atoms with Crippen LogP contribution in [0, 0.1) is 22.2 Å². The molecule has 0 amide bonds. The van der Waals surface area contributed by atoms with Gasteiger partial charge in [0, 0.05) is 5.56 Å². The van der Waals surface area contributed by atoms with Crippen LogP contribution in [0.2, 0.25) is 0 Å². The van der Waals surface area contributed by atoms with E-state index in [1.54, 1.807) is 12.1 Å². The zero-order valence-electron chi connectivity index (χ0n) is 12.7. The minimum Gasteiger partial charge on any atom is -0.354 e. The zero-order valence-corrected chi connectivity index (χ0v) is 13.6. The molecule has 0 aliphatic carbocycles. The third-order valence-corrected chi connectivity index (χ3v) is 4.59. The van der Waals surface area contributed by atoms with E-state index in [9.17, 15) is 13.2 Å². The van der Waals surface area contributed by atoms with Crippen LogP contribution < -0.4 is 0 Å². The van der Waals surface area contributed by atoms with Gasteiger partial charge in [-0.15, -0.1) is 0 Å². The van der Waals surface area contributed by atoms with Crippen molar-refractivity contribution in [3.05, 3.63) is 82.1 Å². The Balaban J connectivity index is 1.80. The summed E-state index contributed by atoms with van der Waals surface area (Å²) < 4.78 is 48.9. The number of ether oxygens (including phenoxy) is 1. The number of halogens is 3. The predicted molar refractivity (Wildman–Crippen MR) is 85.7 cm³/mol. The highest BCUT2D eigenvalue weighted by Crippen LogP contribution is 2.58. The number of nitrogens with one attached hydrogen (secondary N) is 1. The van der Waals surface area contributed by atoms with E-state index < -0.39 is 23.3 Å². The summed E-state index contributed by atoms with van der Waals surface area (Å²) in [5, 5.41) is 2.83. The Hall–Kier alpha value is -2.45. The SMILES string of the molecule is Fc1ccc(C2OC2(Cn2[nH]cnc2=S)c2cc(F)ccc2F)cc1. The first-order valence-corrected chi connectivity index (χ1v) is 7.89. The molecule has 0 saturated carbocycles. The van der Waals surface area contributed by atoms with Crippen LogP contribution >= 0.6 is 12.2 Å². The first-order valence-electron chi connectivity index (χ1n) is 7.49. The number of benzene rings is 2. The van der Waals surface area contributed by atoms with Crippen LogP contribution in [-0.2, 0) is 16.9 Å². The number of aromatic nitrogens is 3. The molecule has 2 unspecified atom stereocenters. The highest BCUT2D eigenvalue weighted by atomic mass is 32.1. The maximum absolute atomic E-state index is 14.4. The molecule has 1 aliphatic rings. The summed E-state index contributed by atoms with van der Waals surface area (Å²) in [6.45, 7) is 0.119. The third kappa shape index (κ3) is 2.77. The third-order valence-electron chi connectivity index (χ3n) is 4.26. The normalized spacial score (nSPS) is 22.1. The van der Waals surface area contributed by atoms with Crippen LogP contribution in [0.5, 0.6) is 0 Å². The summed E-state index contributed by atoms with van der Waals surface area (Å²) in [4.78, 5) is 3.92. The van der Waals surface area contributed by atoms with Crippen molar-refractivity contribution in [3.8, 4) is 0 Å². The highest BCUT2D eigenvalue weighted by Gasteiger charge is 2.60. The topological polar surface area (TPSA) is 46.1 Å². The molecular formula is C17H12F3N3OS. The van der Waals surface area contributed by atoms with E-state index in [0.717, 1.165) is 18.2 Å². The second-order valence-corrected chi connectivity index (χ2v) is 6.18. The van der Waals surface area contributed by atoms with Crippen LogP contribution in [0.1, 0.15) is 17.2 Å². The number of epoxide rings is 1. The van der Waals surface area contributed by atoms with E-state index in [1.165, 1.54) is 23.1 Å². The number of nitrogens with zero attached hydrogens (tertiary/aromatic N) is 2. The van der Waals surface area contributed by atoms with E-state index in [0.29, 0.717) is 5.56 Å². The van der Waals surface area contributed by atoms with Crippen molar-refractivity contribution < 1.29 is 17.9 Å². The minimum absolute atomic E-state index is 0.0818. The molecule has 1 aromatic heterocycles. The fraction of sp³-hybridized carbons (Fsp3) is 0.176. The lowest BCUT2D eigenvalue weighted by Gasteiger charge is -2.15.